The number of methoxy groups -OCH3 is 1. The summed E-state index contributed by atoms with van der Waals surface area (Å²) in [6, 6.07) is 0. The van der Waals surface area contributed by atoms with Crippen LogP contribution in [0.3, 0.4) is 0 Å². The third-order valence-corrected chi connectivity index (χ3v) is 3.27. The van der Waals surface area contributed by atoms with E-state index in [0.29, 0.717) is 12.8 Å². The van der Waals surface area contributed by atoms with Crippen molar-refractivity contribution in [3.05, 3.63) is 0 Å². The number of hydrogen-bond donors (Lipinski definition) is 1. The molecule has 2 rings (SSSR count). The quantitative estimate of drug-likeness (QED) is 0.635. The van der Waals surface area contributed by atoms with Crippen LogP contribution >= 0.6 is 0 Å². The van der Waals surface area contributed by atoms with Gasteiger partial charge in [0.05, 0.1) is 18.9 Å². The number of ether oxygens (including phenoxy) is 1. The molecule has 0 aromatic rings. The number of hydrogen-bond acceptors (Lipinski definition) is 3. The minimum Gasteiger partial charge on any atom is -0.481 e. The van der Waals surface area contributed by atoms with Crippen LogP contribution in [0, 0.1) is 23.7 Å². The molecular weight excluding hydrogens is 172 g/mol. The fourth-order valence-corrected chi connectivity index (χ4v) is 2.53. The maximum absolute atomic E-state index is 11.1. The van der Waals surface area contributed by atoms with Gasteiger partial charge in [0, 0.05) is 0 Å². The van der Waals surface area contributed by atoms with Crippen LogP contribution in [0.5, 0.6) is 0 Å². The Balaban J connectivity index is 1.90. The maximum atomic E-state index is 11.1. The summed E-state index contributed by atoms with van der Waals surface area (Å²) in [6.07, 6.45) is 1.31. The van der Waals surface area contributed by atoms with Crippen LogP contribution in [0.4, 0.5) is 0 Å². The standard InChI is InChI=1S/C9H12O4/c1-13-9(12)7-5-2-4(8(10)11)3-6(5)7/h4-7H,2-3H2,1H3,(H,10,11). The molecule has 2 atom stereocenters. The van der Waals surface area contributed by atoms with E-state index in [1.807, 2.05) is 0 Å². The summed E-state index contributed by atoms with van der Waals surface area (Å²) in [5.41, 5.74) is 0. The first-order valence-corrected chi connectivity index (χ1v) is 4.45. The van der Waals surface area contributed by atoms with Crippen molar-refractivity contribution in [3.63, 3.8) is 0 Å². The zero-order valence-corrected chi connectivity index (χ0v) is 7.40. The van der Waals surface area contributed by atoms with E-state index < -0.39 is 5.97 Å². The molecule has 72 valence electrons. The lowest BCUT2D eigenvalue weighted by Gasteiger charge is -2.07. The van der Waals surface area contributed by atoms with Crippen LogP contribution in [-0.4, -0.2) is 24.2 Å². The molecule has 0 spiro atoms. The maximum Gasteiger partial charge on any atom is 0.309 e. The van der Waals surface area contributed by atoms with Crippen molar-refractivity contribution < 1.29 is 19.4 Å². The predicted molar refractivity (Wildman–Crippen MR) is 42.8 cm³/mol. The number of fused-ring (bicyclic) bond motifs is 1. The second-order valence-corrected chi connectivity index (χ2v) is 3.88. The highest BCUT2D eigenvalue weighted by Crippen LogP contribution is 2.59. The topological polar surface area (TPSA) is 63.6 Å². The Labute approximate surface area is 75.9 Å². The summed E-state index contributed by atoms with van der Waals surface area (Å²) in [4.78, 5) is 21.7. The second kappa shape index (κ2) is 2.72. The summed E-state index contributed by atoms with van der Waals surface area (Å²) in [5.74, 6) is -0.548. The molecule has 0 saturated heterocycles. The Morgan fingerprint density at radius 3 is 2.23 bits per heavy atom. The lowest BCUT2D eigenvalue weighted by molar-refractivity contribution is -0.146. The summed E-state index contributed by atoms with van der Waals surface area (Å²) >= 11 is 0. The van der Waals surface area contributed by atoms with Crippen molar-refractivity contribution in [2.45, 2.75) is 12.8 Å². The molecule has 4 heteroatoms. The summed E-state index contributed by atoms with van der Waals surface area (Å²) in [6.45, 7) is 0. The van der Waals surface area contributed by atoms with Gasteiger partial charge in [-0.3, -0.25) is 9.59 Å². The third kappa shape index (κ3) is 1.20. The normalized spacial score (nSPS) is 41.0. The molecule has 0 radical (unpaired) electrons. The van der Waals surface area contributed by atoms with Crippen LogP contribution in [0.15, 0.2) is 0 Å². The van der Waals surface area contributed by atoms with Gasteiger partial charge in [-0.1, -0.05) is 0 Å². The van der Waals surface area contributed by atoms with Gasteiger partial charge in [-0.25, -0.2) is 0 Å². The van der Waals surface area contributed by atoms with Crippen LogP contribution in [0.25, 0.3) is 0 Å². The first kappa shape index (κ1) is 8.53. The van der Waals surface area contributed by atoms with Crippen molar-refractivity contribution in [2.24, 2.45) is 23.7 Å². The predicted octanol–water partition coefficient (Wildman–Crippen LogP) is 0.516. The number of carbonyl (C=O) groups is 2. The molecular formula is C9H12O4. The largest absolute Gasteiger partial charge is 0.481 e. The van der Waals surface area contributed by atoms with Gasteiger partial charge in [0.2, 0.25) is 0 Å². The Hall–Kier alpha value is -1.06. The molecule has 0 aromatic carbocycles. The van der Waals surface area contributed by atoms with Crippen LogP contribution < -0.4 is 0 Å². The van der Waals surface area contributed by atoms with Crippen molar-refractivity contribution in [1.82, 2.24) is 0 Å². The van der Waals surface area contributed by atoms with E-state index in [0.717, 1.165) is 0 Å². The molecule has 2 aliphatic rings. The summed E-state index contributed by atoms with van der Waals surface area (Å²) < 4.78 is 4.62. The molecule has 2 fully saturated rings. The molecule has 1 N–H and O–H groups in total. The lowest BCUT2D eigenvalue weighted by Crippen LogP contribution is -2.16. The van der Waals surface area contributed by atoms with Gasteiger partial charge in [0.15, 0.2) is 0 Å². The Morgan fingerprint density at radius 2 is 1.85 bits per heavy atom. The van der Waals surface area contributed by atoms with Crippen LogP contribution in [0.2, 0.25) is 0 Å². The molecule has 0 heterocycles. The smallest absolute Gasteiger partial charge is 0.309 e. The Bertz CT molecular complexity index is 248. The van der Waals surface area contributed by atoms with Crippen LogP contribution in [-0.2, 0) is 14.3 Å². The van der Waals surface area contributed by atoms with E-state index in [9.17, 15) is 9.59 Å². The number of esters is 1. The van der Waals surface area contributed by atoms with E-state index in [2.05, 4.69) is 4.74 Å². The van der Waals surface area contributed by atoms with E-state index in [1.54, 1.807) is 0 Å². The molecule has 13 heavy (non-hydrogen) atoms. The molecule has 0 aromatic heterocycles. The first-order valence-electron chi connectivity index (χ1n) is 4.45. The minimum absolute atomic E-state index is 0.000556. The number of rotatable bonds is 2. The lowest BCUT2D eigenvalue weighted by atomic mass is 10.0. The number of carboxylic acid groups (broad SMARTS) is 1. The first-order chi connectivity index (χ1) is 6.15. The van der Waals surface area contributed by atoms with Gasteiger partial charge < -0.3 is 9.84 Å². The third-order valence-electron chi connectivity index (χ3n) is 3.27. The van der Waals surface area contributed by atoms with Crippen LogP contribution in [0.1, 0.15) is 12.8 Å². The van der Waals surface area contributed by atoms with Gasteiger partial charge in [0.1, 0.15) is 0 Å². The van der Waals surface area contributed by atoms with E-state index in [-0.39, 0.29) is 29.6 Å². The van der Waals surface area contributed by atoms with Gasteiger partial charge in [-0.05, 0) is 24.7 Å². The van der Waals surface area contributed by atoms with Gasteiger partial charge in [-0.2, -0.15) is 0 Å². The number of carbonyl (C=O) groups excluding carboxylic acids is 1. The zero-order valence-electron chi connectivity index (χ0n) is 7.40. The number of aliphatic carboxylic acids is 1. The molecule has 4 nitrogen and oxygen atoms in total. The van der Waals surface area contributed by atoms with Gasteiger partial charge >= 0.3 is 11.9 Å². The highest BCUT2D eigenvalue weighted by atomic mass is 16.5. The minimum atomic E-state index is -0.726. The average molecular weight is 184 g/mol. The fourth-order valence-electron chi connectivity index (χ4n) is 2.53. The average Bonchev–Trinajstić information content (AvgIpc) is 2.58. The number of carboxylic acids is 1. The van der Waals surface area contributed by atoms with Gasteiger partial charge in [-0.15, -0.1) is 0 Å². The zero-order chi connectivity index (χ0) is 9.59. The SMILES string of the molecule is COC(=O)C1C2CC(C(=O)O)CC21. The van der Waals surface area contributed by atoms with Crippen molar-refractivity contribution in [3.8, 4) is 0 Å². The monoisotopic (exact) mass is 184 g/mol. The molecule has 2 aliphatic carbocycles. The fraction of sp³-hybridized carbons (Fsp3) is 0.778. The second-order valence-electron chi connectivity index (χ2n) is 3.88. The van der Waals surface area contributed by atoms with Crippen molar-refractivity contribution >= 4 is 11.9 Å². The summed E-state index contributed by atoms with van der Waals surface area (Å²) in [7, 11) is 1.38. The Kier molecular flexibility index (Phi) is 1.78. The summed E-state index contributed by atoms with van der Waals surface area (Å²) in [5, 5.41) is 8.72. The van der Waals surface area contributed by atoms with Crippen molar-refractivity contribution in [2.75, 3.05) is 7.11 Å². The molecule has 2 saturated carbocycles. The molecule has 2 unspecified atom stereocenters. The Morgan fingerprint density at radius 1 is 1.31 bits per heavy atom. The van der Waals surface area contributed by atoms with E-state index in [4.69, 9.17) is 5.11 Å². The van der Waals surface area contributed by atoms with E-state index in [1.165, 1.54) is 7.11 Å². The highest BCUT2D eigenvalue weighted by molar-refractivity contribution is 5.78. The molecule has 0 bridgehead atoms. The van der Waals surface area contributed by atoms with E-state index >= 15 is 0 Å². The van der Waals surface area contributed by atoms with Crippen molar-refractivity contribution in [1.29, 1.82) is 0 Å². The molecule has 0 amide bonds. The van der Waals surface area contributed by atoms with Gasteiger partial charge in [0.25, 0.3) is 0 Å². The molecule has 0 aliphatic heterocycles. The highest BCUT2D eigenvalue weighted by Gasteiger charge is 2.61.